The van der Waals surface area contributed by atoms with Crippen LogP contribution in [0.1, 0.15) is 17.2 Å². The lowest BCUT2D eigenvalue weighted by Crippen LogP contribution is -2.14. The van der Waals surface area contributed by atoms with Crippen molar-refractivity contribution in [1.29, 1.82) is 0 Å². The molecule has 100 valence electrons. The molecule has 1 atom stereocenters. The van der Waals surface area contributed by atoms with Crippen LogP contribution in [-0.2, 0) is 0 Å². The van der Waals surface area contributed by atoms with E-state index in [1.54, 1.807) is 18.2 Å². The second-order valence-electron chi connectivity index (χ2n) is 3.97. The fourth-order valence-electron chi connectivity index (χ4n) is 1.71. The van der Waals surface area contributed by atoms with Gasteiger partial charge < -0.3 is 5.73 Å². The van der Waals surface area contributed by atoms with E-state index in [1.807, 2.05) is 0 Å². The highest BCUT2D eigenvalue weighted by Gasteiger charge is 2.18. The number of hydrogen-bond acceptors (Lipinski definition) is 1. The molecule has 2 aromatic rings. The van der Waals surface area contributed by atoms with Crippen molar-refractivity contribution in [1.82, 2.24) is 0 Å². The molecule has 0 spiro atoms. The highest BCUT2D eigenvalue weighted by atomic mass is 79.9. The van der Waals surface area contributed by atoms with Crippen LogP contribution < -0.4 is 5.73 Å². The third kappa shape index (κ3) is 3.19. The van der Waals surface area contributed by atoms with Gasteiger partial charge in [0.05, 0.1) is 6.04 Å². The van der Waals surface area contributed by atoms with Gasteiger partial charge in [0, 0.05) is 20.6 Å². The van der Waals surface area contributed by atoms with Gasteiger partial charge in [0.1, 0.15) is 5.82 Å². The van der Waals surface area contributed by atoms with Crippen LogP contribution in [0.4, 0.5) is 13.2 Å². The first-order valence-electron chi connectivity index (χ1n) is 5.24. The first-order chi connectivity index (χ1) is 8.88. The van der Waals surface area contributed by atoms with Gasteiger partial charge in [-0.15, -0.1) is 0 Å². The van der Waals surface area contributed by atoms with Gasteiger partial charge in [-0.25, -0.2) is 13.2 Å². The van der Waals surface area contributed by atoms with Crippen molar-refractivity contribution in [3.05, 3.63) is 67.9 Å². The van der Waals surface area contributed by atoms with Crippen LogP contribution in [0.5, 0.6) is 0 Å². The van der Waals surface area contributed by atoms with Crippen LogP contribution in [-0.4, -0.2) is 0 Å². The molecule has 0 aromatic heterocycles. The van der Waals surface area contributed by atoms with E-state index in [0.29, 0.717) is 11.6 Å². The topological polar surface area (TPSA) is 26.0 Å². The molecular formula is C13H8Br2F3N. The monoisotopic (exact) mass is 393 g/mol. The minimum atomic E-state index is -1.23. The van der Waals surface area contributed by atoms with Gasteiger partial charge in [-0.1, -0.05) is 31.9 Å². The SMILES string of the molecule is NC(c1cc(Br)cc(Br)c1)c1cc(F)c(F)cc1F. The van der Waals surface area contributed by atoms with Crippen LogP contribution in [0.25, 0.3) is 0 Å². The van der Waals surface area contributed by atoms with E-state index >= 15 is 0 Å². The molecule has 0 radical (unpaired) electrons. The maximum absolute atomic E-state index is 13.7. The molecule has 0 heterocycles. The van der Waals surface area contributed by atoms with E-state index in [-0.39, 0.29) is 5.56 Å². The van der Waals surface area contributed by atoms with Crippen LogP contribution in [0.15, 0.2) is 39.3 Å². The Morgan fingerprint density at radius 2 is 1.32 bits per heavy atom. The predicted molar refractivity (Wildman–Crippen MR) is 74.2 cm³/mol. The minimum Gasteiger partial charge on any atom is -0.320 e. The van der Waals surface area contributed by atoms with Gasteiger partial charge in [-0.3, -0.25) is 0 Å². The van der Waals surface area contributed by atoms with Gasteiger partial charge in [0.15, 0.2) is 11.6 Å². The Balaban J connectivity index is 2.49. The van der Waals surface area contributed by atoms with E-state index in [0.717, 1.165) is 15.0 Å². The zero-order valence-electron chi connectivity index (χ0n) is 9.43. The average molecular weight is 395 g/mol. The molecule has 2 rings (SSSR count). The second kappa shape index (κ2) is 5.64. The first-order valence-corrected chi connectivity index (χ1v) is 6.83. The molecule has 2 N–H and O–H groups in total. The van der Waals surface area contributed by atoms with Crippen molar-refractivity contribution < 1.29 is 13.2 Å². The number of rotatable bonds is 2. The van der Waals surface area contributed by atoms with Crippen LogP contribution >= 0.6 is 31.9 Å². The zero-order chi connectivity index (χ0) is 14.2. The smallest absolute Gasteiger partial charge is 0.161 e. The van der Waals surface area contributed by atoms with Gasteiger partial charge >= 0.3 is 0 Å². The number of nitrogens with two attached hydrogens (primary N) is 1. The zero-order valence-corrected chi connectivity index (χ0v) is 12.6. The Labute approximate surface area is 124 Å². The van der Waals surface area contributed by atoms with Gasteiger partial charge in [-0.05, 0) is 29.8 Å². The quantitative estimate of drug-likeness (QED) is 0.735. The summed E-state index contributed by atoms with van der Waals surface area (Å²) in [5, 5.41) is 0. The second-order valence-corrected chi connectivity index (χ2v) is 5.80. The summed E-state index contributed by atoms with van der Waals surface area (Å²) in [4.78, 5) is 0. The number of halogens is 5. The Morgan fingerprint density at radius 3 is 1.89 bits per heavy atom. The summed E-state index contributed by atoms with van der Waals surface area (Å²) in [7, 11) is 0. The summed E-state index contributed by atoms with van der Waals surface area (Å²) in [6, 6.07) is 5.56. The molecule has 0 saturated heterocycles. The lowest BCUT2D eigenvalue weighted by atomic mass is 9.99. The Morgan fingerprint density at radius 1 is 0.789 bits per heavy atom. The maximum Gasteiger partial charge on any atom is 0.161 e. The van der Waals surface area contributed by atoms with E-state index in [2.05, 4.69) is 31.9 Å². The van der Waals surface area contributed by atoms with Gasteiger partial charge in [0.2, 0.25) is 0 Å². The molecule has 2 aromatic carbocycles. The standard InChI is InChI=1S/C13H8Br2F3N/c14-7-1-6(2-8(15)3-7)13(19)9-4-11(17)12(18)5-10(9)16/h1-5,13H,19H2. The molecular weight excluding hydrogens is 387 g/mol. The number of benzene rings is 2. The molecule has 19 heavy (non-hydrogen) atoms. The lowest BCUT2D eigenvalue weighted by molar-refractivity contribution is 0.487. The van der Waals surface area contributed by atoms with Crippen molar-refractivity contribution in [3.63, 3.8) is 0 Å². The molecule has 0 aliphatic heterocycles. The van der Waals surface area contributed by atoms with Crippen LogP contribution in [0.3, 0.4) is 0 Å². The van der Waals surface area contributed by atoms with Crippen molar-refractivity contribution in [3.8, 4) is 0 Å². The van der Waals surface area contributed by atoms with Crippen molar-refractivity contribution in [2.24, 2.45) is 5.73 Å². The van der Waals surface area contributed by atoms with Crippen molar-refractivity contribution in [2.75, 3.05) is 0 Å². The summed E-state index contributed by atoms with van der Waals surface area (Å²) >= 11 is 6.57. The van der Waals surface area contributed by atoms with Crippen LogP contribution in [0, 0.1) is 17.5 Å². The largest absolute Gasteiger partial charge is 0.320 e. The molecule has 0 amide bonds. The Hall–Kier alpha value is -0.850. The highest BCUT2D eigenvalue weighted by molar-refractivity contribution is 9.11. The van der Waals surface area contributed by atoms with Gasteiger partial charge in [-0.2, -0.15) is 0 Å². The first kappa shape index (κ1) is 14.6. The maximum atomic E-state index is 13.7. The summed E-state index contributed by atoms with van der Waals surface area (Å²) in [5.74, 6) is -3.23. The fraction of sp³-hybridized carbons (Fsp3) is 0.0769. The fourth-order valence-corrected chi connectivity index (χ4v) is 3.04. The molecule has 0 saturated carbocycles. The predicted octanol–water partition coefficient (Wildman–Crippen LogP) is 4.68. The molecule has 6 heteroatoms. The molecule has 0 aliphatic carbocycles. The van der Waals surface area contributed by atoms with Crippen molar-refractivity contribution in [2.45, 2.75) is 6.04 Å². The summed E-state index contributed by atoms with van der Waals surface area (Å²) in [5.41, 5.74) is 6.38. The average Bonchev–Trinajstić information content (AvgIpc) is 2.31. The summed E-state index contributed by atoms with van der Waals surface area (Å²) in [6.07, 6.45) is 0. The highest BCUT2D eigenvalue weighted by Crippen LogP contribution is 2.28. The van der Waals surface area contributed by atoms with Crippen LogP contribution in [0.2, 0.25) is 0 Å². The normalized spacial score (nSPS) is 12.5. The van der Waals surface area contributed by atoms with E-state index in [9.17, 15) is 13.2 Å². The molecule has 0 aliphatic rings. The van der Waals surface area contributed by atoms with E-state index in [4.69, 9.17) is 5.73 Å². The lowest BCUT2D eigenvalue weighted by Gasteiger charge is -2.15. The Bertz CT molecular complexity index is 611. The summed E-state index contributed by atoms with van der Waals surface area (Å²) in [6.45, 7) is 0. The summed E-state index contributed by atoms with van der Waals surface area (Å²) < 4.78 is 41.2. The molecule has 0 bridgehead atoms. The van der Waals surface area contributed by atoms with E-state index < -0.39 is 23.5 Å². The molecule has 0 fully saturated rings. The minimum absolute atomic E-state index is 0.0936. The van der Waals surface area contributed by atoms with Crippen molar-refractivity contribution >= 4 is 31.9 Å². The van der Waals surface area contributed by atoms with E-state index in [1.165, 1.54) is 0 Å². The molecule has 1 nitrogen and oxygen atoms in total. The third-order valence-corrected chi connectivity index (χ3v) is 3.53. The van der Waals surface area contributed by atoms with Gasteiger partial charge in [0.25, 0.3) is 0 Å². The Kier molecular flexibility index (Phi) is 4.32. The number of hydrogen-bond donors (Lipinski definition) is 1. The third-order valence-electron chi connectivity index (χ3n) is 2.62. The molecule has 1 unspecified atom stereocenters.